The molecule has 2 aromatic rings. The number of ether oxygens (including phenoxy) is 1. The van der Waals surface area contributed by atoms with Crippen molar-refractivity contribution >= 4 is 17.5 Å². The number of hydrogen-bond acceptors (Lipinski definition) is 4. The molecule has 0 saturated carbocycles. The predicted molar refractivity (Wildman–Crippen MR) is 55.7 cm³/mol. The first kappa shape index (κ1) is 9.58. The Hall–Kier alpha value is -1.97. The van der Waals surface area contributed by atoms with Crippen molar-refractivity contribution < 1.29 is 9.53 Å². The molecule has 0 atom stereocenters. The molecule has 0 aliphatic rings. The van der Waals surface area contributed by atoms with Crippen molar-refractivity contribution in [2.45, 2.75) is 13.8 Å². The molecule has 1 aromatic carbocycles. The molecule has 0 N–H and O–H groups in total. The Kier molecular flexibility index (Phi) is 2.33. The van der Waals surface area contributed by atoms with E-state index in [1.54, 1.807) is 0 Å². The highest BCUT2D eigenvalue weighted by Gasteiger charge is 2.02. The van der Waals surface area contributed by atoms with E-state index < -0.39 is 0 Å². The van der Waals surface area contributed by atoms with Gasteiger partial charge in [0.2, 0.25) is 5.88 Å². The van der Waals surface area contributed by atoms with E-state index in [9.17, 15) is 4.79 Å². The lowest BCUT2D eigenvalue weighted by atomic mass is 10.1. The highest BCUT2D eigenvalue weighted by molar-refractivity contribution is 5.76. The largest absolute Gasteiger partial charge is 0.408 e. The lowest BCUT2D eigenvalue weighted by molar-refractivity contribution is -0.120. The first-order chi connectivity index (χ1) is 7.20. The lowest BCUT2D eigenvalue weighted by Gasteiger charge is -2.03. The Morgan fingerprint density at radius 1 is 1.20 bits per heavy atom. The van der Waals surface area contributed by atoms with E-state index >= 15 is 0 Å². The summed E-state index contributed by atoms with van der Waals surface area (Å²) in [4.78, 5) is 18.4. The average molecular weight is 202 g/mol. The molecule has 76 valence electrons. The van der Waals surface area contributed by atoms with Gasteiger partial charge in [-0.1, -0.05) is 0 Å². The molecule has 0 aliphatic carbocycles. The Labute approximate surface area is 86.9 Å². The molecule has 2 rings (SSSR count). The van der Waals surface area contributed by atoms with Crippen LogP contribution >= 0.6 is 0 Å². The number of nitrogens with zero attached hydrogens (tertiary/aromatic N) is 2. The van der Waals surface area contributed by atoms with E-state index in [2.05, 4.69) is 14.7 Å². The van der Waals surface area contributed by atoms with Crippen LogP contribution in [0.15, 0.2) is 18.3 Å². The van der Waals surface area contributed by atoms with Crippen LogP contribution < -0.4 is 4.74 Å². The summed E-state index contributed by atoms with van der Waals surface area (Å²) < 4.78 is 4.63. The lowest BCUT2D eigenvalue weighted by Crippen LogP contribution is -1.94. The van der Waals surface area contributed by atoms with Crippen LogP contribution in [-0.4, -0.2) is 16.4 Å². The summed E-state index contributed by atoms with van der Waals surface area (Å²) in [7, 11) is 0. The number of rotatable bonds is 2. The highest BCUT2D eigenvalue weighted by atomic mass is 16.5. The van der Waals surface area contributed by atoms with Gasteiger partial charge >= 0.3 is 0 Å². The molecule has 4 nitrogen and oxygen atoms in total. The van der Waals surface area contributed by atoms with Crippen LogP contribution in [0.2, 0.25) is 0 Å². The molecule has 4 heteroatoms. The fourth-order valence-electron chi connectivity index (χ4n) is 1.36. The first-order valence-corrected chi connectivity index (χ1v) is 4.55. The van der Waals surface area contributed by atoms with Gasteiger partial charge in [0.15, 0.2) is 0 Å². The van der Waals surface area contributed by atoms with Crippen molar-refractivity contribution in [1.82, 2.24) is 9.97 Å². The molecule has 0 unspecified atom stereocenters. The normalized spacial score (nSPS) is 10.3. The average Bonchev–Trinajstić information content (AvgIpc) is 2.21. The summed E-state index contributed by atoms with van der Waals surface area (Å²) in [5, 5.41) is 0. The van der Waals surface area contributed by atoms with E-state index in [0.29, 0.717) is 6.47 Å². The third-order valence-corrected chi connectivity index (χ3v) is 2.30. The minimum Gasteiger partial charge on any atom is -0.408 e. The molecule has 0 radical (unpaired) electrons. The van der Waals surface area contributed by atoms with Gasteiger partial charge in [0.05, 0.1) is 17.2 Å². The van der Waals surface area contributed by atoms with Gasteiger partial charge in [-0.25, -0.2) is 9.97 Å². The Morgan fingerprint density at radius 3 is 2.53 bits per heavy atom. The maximum Gasteiger partial charge on any atom is 0.299 e. The molecule has 0 fully saturated rings. The predicted octanol–water partition coefficient (Wildman–Crippen LogP) is 1.78. The first-order valence-electron chi connectivity index (χ1n) is 4.55. The molecule has 0 saturated heterocycles. The fourth-order valence-corrected chi connectivity index (χ4v) is 1.36. The summed E-state index contributed by atoms with van der Waals surface area (Å²) in [6, 6.07) is 3.89. The number of aromatic nitrogens is 2. The molecule has 1 heterocycles. The quantitative estimate of drug-likeness (QED) is 0.696. The van der Waals surface area contributed by atoms with Crippen LogP contribution in [0, 0.1) is 13.8 Å². The van der Waals surface area contributed by atoms with Gasteiger partial charge in [0.25, 0.3) is 6.47 Å². The Bertz CT molecular complexity index is 523. The third kappa shape index (κ3) is 1.79. The van der Waals surface area contributed by atoms with Gasteiger partial charge in [0, 0.05) is 0 Å². The molecule has 15 heavy (non-hydrogen) atoms. The van der Waals surface area contributed by atoms with Crippen LogP contribution in [-0.2, 0) is 4.79 Å². The topological polar surface area (TPSA) is 52.1 Å². The minimum absolute atomic E-state index is 0.223. The van der Waals surface area contributed by atoms with E-state index in [0.717, 1.165) is 16.6 Å². The molecule has 0 bridgehead atoms. The maximum atomic E-state index is 10.1. The summed E-state index contributed by atoms with van der Waals surface area (Å²) in [6.45, 7) is 4.37. The van der Waals surface area contributed by atoms with E-state index in [4.69, 9.17) is 0 Å². The fraction of sp³-hybridized carbons (Fsp3) is 0.182. The molecule has 1 aromatic heterocycles. The van der Waals surface area contributed by atoms with Crippen LogP contribution in [0.5, 0.6) is 5.88 Å². The summed E-state index contributed by atoms with van der Waals surface area (Å²) >= 11 is 0. The smallest absolute Gasteiger partial charge is 0.299 e. The van der Waals surface area contributed by atoms with Crippen molar-refractivity contribution in [3.05, 3.63) is 29.5 Å². The number of benzene rings is 1. The van der Waals surface area contributed by atoms with Crippen LogP contribution in [0.1, 0.15) is 11.1 Å². The van der Waals surface area contributed by atoms with Crippen LogP contribution in [0.25, 0.3) is 11.0 Å². The van der Waals surface area contributed by atoms with Gasteiger partial charge in [0.1, 0.15) is 0 Å². The van der Waals surface area contributed by atoms with Crippen molar-refractivity contribution in [1.29, 1.82) is 0 Å². The van der Waals surface area contributed by atoms with Crippen molar-refractivity contribution in [3.63, 3.8) is 0 Å². The second-order valence-electron chi connectivity index (χ2n) is 3.35. The van der Waals surface area contributed by atoms with Gasteiger partial charge in [-0.2, -0.15) is 0 Å². The second-order valence-corrected chi connectivity index (χ2v) is 3.35. The number of aryl methyl sites for hydroxylation is 2. The number of fused-ring (bicyclic) bond motifs is 1. The van der Waals surface area contributed by atoms with Crippen molar-refractivity contribution in [2.24, 2.45) is 0 Å². The van der Waals surface area contributed by atoms with Crippen molar-refractivity contribution in [3.8, 4) is 5.88 Å². The SMILES string of the molecule is Cc1cc2ncc(OC=O)nc2cc1C. The molecule has 0 aliphatic heterocycles. The third-order valence-electron chi connectivity index (χ3n) is 2.30. The summed E-state index contributed by atoms with van der Waals surface area (Å²) in [5.74, 6) is 0.223. The number of carbonyl (C=O) groups excluding carboxylic acids is 1. The van der Waals surface area contributed by atoms with Crippen molar-refractivity contribution in [2.75, 3.05) is 0 Å². The van der Waals surface area contributed by atoms with Crippen LogP contribution in [0.4, 0.5) is 0 Å². The zero-order valence-corrected chi connectivity index (χ0v) is 8.52. The van der Waals surface area contributed by atoms with E-state index in [1.807, 2.05) is 26.0 Å². The monoisotopic (exact) mass is 202 g/mol. The molecule has 0 amide bonds. The van der Waals surface area contributed by atoms with Gasteiger partial charge in [-0.05, 0) is 37.1 Å². The minimum atomic E-state index is 0.223. The van der Waals surface area contributed by atoms with Gasteiger partial charge in [-0.3, -0.25) is 4.79 Å². The Morgan fingerprint density at radius 2 is 1.87 bits per heavy atom. The van der Waals surface area contributed by atoms with Gasteiger partial charge in [-0.15, -0.1) is 0 Å². The highest BCUT2D eigenvalue weighted by Crippen LogP contribution is 2.17. The Balaban J connectivity index is 2.61. The van der Waals surface area contributed by atoms with E-state index in [1.165, 1.54) is 11.8 Å². The van der Waals surface area contributed by atoms with Crippen LogP contribution in [0.3, 0.4) is 0 Å². The molecular formula is C11H10N2O2. The summed E-state index contributed by atoms with van der Waals surface area (Å²) in [6.07, 6.45) is 1.44. The molecular weight excluding hydrogens is 192 g/mol. The zero-order chi connectivity index (χ0) is 10.8. The maximum absolute atomic E-state index is 10.1. The molecule has 0 spiro atoms. The number of carbonyl (C=O) groups is 1. The van der Waals surface area contributed by atoms with E-state index in [-0.39, 0.29) is 5.88 Å². The van der Waals surface area contributed by atoms with Gasteiger partial charge < -0.3 is 4.74 Å². The summed E-state index contributed by atoms with van der Waals surface area (Å²) in [5.41, 5.74) is 3.84. The number of hydrogen-bond donors (Lipinski definition) is 0. The zero-order valence-electron chi connectivity index (χ0n) is 8.52. The second kappa shape index (κ2) is 3.65. The standard InChI is InChI=1S/C11H10N2O2/c1-7-3-9-10(4-8(7)2)13-11(5-12-9)15-6-14/h3-6H,1-2H3.